The van der Waals surface area contributed by atoms with Crippen LogP contribution in [0.5, 0.6) is 0 Å². The highest BCUT2D eigenvalue weighted by molar-refractivity contribution is 9.11. The third kappa shape index (κ3) is 4.59. The zero-order valence-corrected chi connectivity index (χ0v) is 14.0. The molecule has 0 heterocycles. The van der Waals surface area contributed by atoms with Gasteiger partial charge in [-0.15, -0.1) is 0 Å². The van der Waals surface area contributed by atoms with E-state index < -0.39 is 17.8 Å². The minimum atomic E-state index is -0.723. The van der Waals surface area contributed by atoms with Crippen LogP contribution in [-0.2, 0) is 9.47 Å². The molecule has 0 aromatic carbocycles. The van der Waals surface area contributed by atoms with Crippen molar-refractivity contribution in [3.8, 4) is 0 Å². The van der Waals surface area contributed by atoms with E-state index in [-0.39, 0.29) is 17.8 Å². The number of hydrogen-bond donors (Lipinski definition) is 1. The summed E-state index contributed by atoms with van der Waals surface area (Å²) in [6.45, 7) is 7.15. The number of methoxy groups -OCH3 is 1. The largest absolute Gasteiger partial charge is 0.444 e. The fourth-order valence-corrected chi connectivity index (χ4v) is 2.34. The molecule has 3 atom stereocenters. The SMILES string of the molecule is COC1C(F)=C(Br)C=CC1C(C)NC(=O)OC(C)(C)C. The molecule has 0 saturated carbocycles. The highest BCUT2D eigenvalue weighted by Gasteiger charge is 2.33. The molecule has 0 aliphatic heterocycles. The molecule has 1 rings (SSSR count). The van der Waals surface area contributed by atoms with E-state index in [2.05, 4.69) is 21.2 Å². The van der Waals surface area contributed by atoms with E-state index in [0.29, 0.717) is 4.48 Å². The summed E-state index contributed by atoms with van der Waals surface area (Å²) >= 11 is 3.13. The predicted octanol–water partition coefficient (Wildman–Crippen LogP) is 3.68. The average molecular weight is 350 g/mol. The van der Waals surface area contributed by atoms with Gasteiger partial charge < -0.3 is 14.8 Å². The number of halogens is 2. The Labute approximate surface area is 127 Å². The Hall–Kier alpha value is -0.880. The Morgan fingerprint density at radius 2 is 2.10 bits per heavy atom. The molecule has 0 fully saturated rings. The first-order valence-corrected chi connectivity index (χ1v) is 7.20. The van der Waals surface area contributed by atoms with Crippen molar-refractivity contribution in [2.45, 2.75) is 45.4 Å². The summed E-state index contributed by atoms with van der Waals surface area (Å²) in [5, 5.41) is 2.71. The molecular weight excluding hydrogens is 329 g/mol. The van der Waals surface area contributed by atoms with E-state index in [1.807, 2.05) is 6.08 Å². The second kappa shape index (κ2) is 6.72. The summed E-state index contributed by atoms with van der Waals surface area (Å²) in [7, 11) is 1.44. The van der Waals surface area contributed by atoms with Crippen molar-refractivity contribution in [3.63, 3.8) is 0 Å². The summed E-state index contributed by atoms with van der Waals surface area (Å²) in [6.07, 6.45) is 2.19. The van der Waals surface area contributed by atoms with Gasteiger partial charge in [-0.3, -0.25) is 0 Å². The van der Waals surface area contributed by atoms with Crippen molar-refractivity contribution in [2.75, 3.05) is 7.11 Å². The lowest BCUT2D eigenvalue weighted by molar-refractivity contribution is 0.0401. The van der Waals surface area contributed by atoms with Gasteiger partial charge in [-0.05, 0) is 49.7 Å². The number of hydrogen-bond acceptors (Lipinski definition) is 3. The molecule has 0 radical (unpaired) electrons. The lowest BCUT2D eigenvalue weighted by atomic mass is 9.90. The molecule has 3 unspecified atom stereocenters. The predicted molar refractivity (Wildman–Crippen MR) is 79.3 cm³/mol. The topological polar surface area (TPSA) is 47.6 Å². The Bertz CT molecular complexity index is 429. The fraction of sp³-hybridized carbons (Fsp3) is 0.643. The third-order valence-electron chi connectivity index (χ3n) is 2.87. The Kier molecular flexibility index (Phi) is 5.77. The third-order valence-corrected chi connectivity index (χ3v) is 3.51. The molecule has 114 valence electrons. The number of allylic oxidation sites excluding steroid dienone is 2. The van der Waals surface area contributed by atoms with E-state index >= 15 is 0 Å². The fourth-order valence-electron chi connectivity index (χ4n) is 1.96. The number of amides is 1. The van der Waals surface area contributed by atoms with Crippen molar-refractivity contribution in [2.24, 2.45) is 5.92 Å². The van der Waals surface area contributed by atoms with Crippen LogP contribution in [0, 0.1) is 5.92 Å². The maximum Gasteiger partial charge on any atom is 0.407 e. The minimum absolute atomic E-state index is 0.297. The summed E-state index contributed by atoms with van der Waals surface area (Å²) in [5.74, 6) is -0.674. The van der Waals surface area contributed by atoms with Crippen molar-refractivity contribution in [1.29, 1.82) is 0 Å². The summed E-state index contributed by atoms with van der Waals surface area (Å²) < 4.78 is 24.7. The van der Waals surface area contributed by atoms with E-state index in [4.69, 9.17) is 9.47 Å². The molecule has 1 N–H and O–H groups in total. The molecule has 1 aliphatic rings. The number of carbonyl (C=O) groups is 1. The van der Waals surface area contributed by atoms with Gasteiger partial charge >= 0.3 is 6.09 Å². The van der Waals surface area contributed by atoms with E-state index in [1.165, 1.54) is 7.11 Å². The first kappa shape index (κ1) is 17.2. The van der Waals surface area contributed by atoms with Gasteiger partial charge in [-0.25, -0.2) is 9.18 Å². The molecule has 0 aromatic rings. The standard InChI is InChI=1S/C14H21BrFNO3/c1-8(17-13(18)20-14(2,3)4)9-6-7-10(15)11(16)12(9)19-5/h6-9,12H,1-5H3,(H,17,18). The van der Waals surface area contributed by atoms with Gasteiger partial charge in [-0.2, -0.15) is 0 Å². The van der Waals surface area contributed by atoms with Gasteiger partial charge in [0.1, 0.15) is 17.5 Å². The van der Waals surface area contributed by atoms with Crippen LogP contribution >= 0.6 is 15.9 Å². The molecule has 0 spiro atoms. The van der Waals surface area contributed by atoms with Crippen LogP contribution in [0.15, 0.2) is 22.5 Å². The second-order valence-corrected chi connectivity index (χ2v) is 6.58. The molecule has 0 bridgehead atoms. The normalized spacial score (nSPS) is 24.6. The summed E-state index contributed by atoms with van der Waals surface area (Å²) in [6, 6.07) is -0.322. The second-order valence-electron chi connectivity index (χ2n) is 5.72. The zero-order chi connectivity index (χ0) is 15.5. The van der Waals surface area contributed by atoms with Gasteiger partial charge in [0.05, 0.1) is 4.48 Å². The van der Waals surface area contributed by atoms with Crippen LogP contribution in [0.25, 0.3) is 0 Å². The molecule has 4 nitrogen and oxygen atoms in total. The van der Waals surface area contributed by atoms with Crippen LogP contribution in [0.4, 0.5) is 9.18 Å². The van der Waals surface area contributed by atoms with Crippen LogP contribution in [-0.4, -0.2) is 30.9 Å². The maximum atomic E-state index is 14.0. The molecule has 20 heavy (non-hydrogen) atoms. The van der Waals surface area contributed by atoms with Crippen molar-refractivity contribution in [1.82, 2.24) is 5.32 Å². The van der Waals surface area contributed by atoms with Crippen molar-refractivity contribution in [3.05, 3.63) is 22.5 Å². The first-order chi connectivity index (χ1) is 9.15. The highest BCUT2D eigenvalue weighted by atomic mass is 79.9. The Balaban J connectivity index is 2.71. The number of ether oxygens (including phenoxy) is 2. The number of nitrogens with one attached hydrogen (secondary N) is 1. The quantitative estimate of drug-likeness (QED) is 0.845. The molecule has 1 aliphatic carbocycles. The highest BCUT2D eigenvalue weighted by Crippen LogP contribution is 2.32. The van der Waals surface area contributed by atoms with Gasteiger partial charge in [0, 0.05) is 19.1 Å². The first-order valence-electron chi connectivity index (χ1n) is 6.41. The molecule has 0 saturated heterocycles. The van der Waals surface area contributed by atoms with Gasteiger partial charge in [0.25, 0.3) is 0 Å². The van der Waals surface area contributed by atoms with Crippen LogP contribution in [0.2, 0.25) is 0 Å². The van der Waals surface area contributed by atoms with Crippen molar-refractivity contribution >= 4 is 22.0 Å². The monoisotopic (exact) mass is 349 g/mol. The number of alkyl carbamates (subject to hydrolysis) is 1. The lowest BCUT2D eigenvalue weighted by Gasteiger charge is -2.31. The minimum Gasteiger partial charge on any atom is -0.444 e. The number of carbonyl (C=O) groups excluding carboxylic acids is 1. The van der Waals surface area contributed by atoms with Crippen LogP contribution < -0.4 is 5.32 Å². The molecular formula is C14H21BrFNO3. The molecule has 6 heteroatoms. The summed E-state index contributed by atoms with van der Waals surface area (Å²) in [5.41, 5.74) is -0.568. The van der Waals surface area contributed by atoms with E-state index in [9.17, 15) is 9.18 Å². The average Bonchev–Trinajstić information content (AvgIpc) is 2.29. The van der Waals surface area contributed by atoms with E-state index in [0.717, 1.165) is 0 Å². The lowest BCUT2D eigenvalue weighted by Crippen LogP contribution is -2.45. The summed E-state index contributed by atoms with van der Waals surface area (Å²) in [4.78, 5) is 11.7. The van der Waals surface area contributed by atoms with Gasteiger partial charge in [-0.1, -0.05) is 6.08 Å². The van der Waals surface area contributed by atoms with Gasteiger partial charge in [0.15, 0.2) is 0 Å². The van der Waals surface area contributed by atoms with Crippen LogP contribution in [0.1, 0.15) is 27.7 Å². The maximum absolute atomic E-state index is 14.0. The number of rotatable bonds is 3. The van der Waals surface area contributed by atoms with Crippen molar-refractivity contribution < 1.29 is 18.7 Å². The Morgan fingerprint density at radius 1 is 1.50 bits per heavy atom. The zero-order valence-electron chi connectivity index (χ0n) is 12.4. The molecule has 1 amide bonds. The molecule has 0 aromatic heterocycles. The van der Waals surface area contributed by atoms with Crippen LogP contribution in [0.3, 0.4) is 0 Å². The smallest absolute Gasteiger partial charge is 0.407 e. The Morgan fingerprint density at radius 3 is 2.60 bits per heavy atom. The van der Waals surface area contributed by atoms with E-state index in [1.54, 1.807) is 33.8 Å². The van der Waals surface area contributed by atoms with Gasteiger partial charge in [0.2, 0.25) is 0 Å².